The van der Waals surface area contributed by atoms with Gasteiger partial charge >= 0.3 is 6.18 Å². The molecule has 1 N–H and O–H groups in total. The molecule has 1 unspecified atom stereocenters. The van der Waals surface area contributed by atoms with Gasteiger partial charge in [-0.1, -0.05) is 19.9 Å². The third kappa shape index (κ3) is 3.99. The predicted molar refractivity (Wildman–Crippen MR) is 134 cm³/mol. The summed E-state index contributed by atoms with van der Waals surface area (Å²) in [4.78, 5) is 13.6. The smallest absolute Gasteiger partial charge is 0.401 e. The molecule has 2 aliphatic carbocycles. The maximum Gasteiger partial charge on any atom is 0.401 e. The van der Waals surface area contributed by atoms with E-state index in [9.17, 15) is 22.0 Å². The molecule has 0 saturated heterocycles. The zero-order valence-electron chi connectivity index (χ0n) is 21.9. The largest absolute Gasteiger partial charge is 0.443 e. The van der Waals surface area contributed by atoms with E-state index in [1.807, 2.05) is 0 Å². The van der Waals surface area contributed by atoms with Gasteiger partial charge in [0, 0.05) is 6.20 Å². The average Bonchev–Trinajstić information content (AvgIpc) is 3.55. The van der Waals surface area contributed by atoms with E-state index < -0.39 is 35.8 Å². The maximum absolute atomic E-state index is 14.5. The van der Waals surface area contributed by atoms with Gasteiger partial charge in [-0.3, -0.25) is 4.98 Å². The Morgan fingerprint density at radius 2 is 1.82 bits per heavy atom. The van der Waals surface area contributed by atoms with Crippen molar-refractivity contribution in [2.24, 2.45) is 5.41 Å². The second-order valence-corrected chi connectivity index (χ2v) is 10.9. The second-order valence-electron chi connectivity index (χ2n) is 10.9. The Balaban J connectivity index is 1.37. The Kier molecular flexibility index (Phi) is 6.02. The Morgan fingerprint density at radius 3 is 2.55 bits per heavy atom. The molecule has 4 aromatic rings. The van der Waals surface area contributed by atoms with Gasteiger partial charge in [0.2, 0.25) is 5.89 Å². The number of alkyl halides is 3. The van der Waals surface area contributed by atoms with Gasteiger partial charge < -0.3 is 9.73 Å². The molecular weight excluding hydrogens is 531 g/mol. The fourth-order valence-corrected chi connectivity index (χ4v) is 6.41. The van der Waals surface area contributed by atoms with Crippen molar-refractivity contribution in [3.63, 3.8) is 0 Å². The number of hydrogen-bond acceptors (Lipinski definition) is 7. The number of oxazole rings is 1. The molecule has 7 nitrogen and oxygen atoms in total. The quantitative estimate of drug-likeness (QED) is 0.280. The Bertz CT molecular complexity index is 1580. The van der Waals surface area contributed by atoms with Crippen LogP contribution in [0.2, 0.25) is 0 Å². The van der Waals surface area contributed by atoms with Crippen molar-refractivity contribution in [3.8, 4) is 22.8 Å². The minimum Gasteiger partial charge on any atom is -0.443 e. The molecular formula is C28H25F5N6O. The lowest BCUT2D eigenvalue weighted by Crippen LogP contribution is -2.38. The molecule has 0 radical (unpaired) electrons. The van der Waals surface area contributed by atoms with Crippen molar-refractivity contribution in [1.82, 2.24) is 30.5 Å². The summed E-state index contributed by atoms with van der Waals surface area (Å²) in [6, 6.07) is 4.70. The summed E-state index contributed by atoms with van der Waals surface area (Å²) in [6.07, 6.45) is 1.61. The first kappa shape index (κ1) is 26.4. The van der Waals surface area contributed by atoms with Crippen LogP contribution in [0, 0.1) is 17.0 Å². The van der Waals surface area contributed by atoms with Crippen LogP contribution in [-0.4, -0.2) is 37.9 Å². The molecule has 3 atom stereocenters. The van der Waals surface area contributed by atoms with Gasteiger partial charge in [-0.25, -0.2) is 18.7 Å². The van der Waals surface area contributed by atoms with Gasteiger partial charge in [0.1, 0.15) is 23.6 Å². The van der Waals surface area contributed by atoms with Gasteiger partial charge in [-0.05, 0) is 54.9 Å². The highest BCUT2D eigenvalue weighted by Gasteiger charge is 2.65. The Morgan fingerprint density at radius 1 is 1.07 bits per heavy atom. The van der Waals surface area contributed by atoms with Crippen LogP contribution in [0.4, 0.5) is 22.0 Å². The van der Waals surface area contributed by atoms with E-state index in [1.165, 1.54) is 30.7 Å². The lowest BCUT2D eigenvalue weighted by atomic mass is 9.66. The van der Waals surface area contributed by atoms with E-state index in [0.29, 0.717) is 29.2 Å². The number of nitrogens with zero attached hydrogens (tertiary/aromatic N) is 5. The molecule has 3 aromatic heterocycles. The van der Waals surface area contributed by atoms with E-state index in [0.717, 1.165) is 12.0 Å². The molecule has 2 aliphatic rings. The number of halogens is 5. The molecule has 0 amide bonds. The van der Waals surface area contributed by atoms with E-state index >= 15 is 0 Å². The molecule has 208 valence electrons. The first-order valence-electron chi connectivity index (χ1n) is 12.8. The predicted octanol–water partition coefficient (Wildman–Crippen LogP) is 6.28. The molecule has 0 aliphatic heterocycles. The highest BCUT2D eigenvalue weighted by molar-refractivity contribution is 5.64. The van der Waals surface area contributed by atoms with Crippen LogP contribution >= 0.6 is 0 Å². The van der Waals surface area contributed by atoms with Gasteiger partial charge in [0.25, 0.3) is 0 Å². The zero-order valence-corrected chi connectivity index (χ0v) is 21.9. The minimum absolute atomic E-state index is 0.0472. The van der Waals surface area contributed by atoms with Crippen molar-refractivity contribution in [2.75, 3.05) is 6.54 Å². The number of nitrogens with one attached hydrogen (secondary N) is 1. The van der Waals surface area contributed by atoms with Crippen molar-refractivity contribution in [3.05, 3.63) is 77.2 Å². The van der Waals surface area contributed by atoms with Crippen LogP contribution in [0.5, 0.6) is 0 Å². The molecule has 3 heterocycles. The molecule has 1 aromatic carbocycles. The number of benzene rings is 1. The third-order valence-electron chi connectivity index (χ3n) is 8.47. The van der Waals surface area contributed by atoms with Gasteiger partial charge in [0.05, 0.1) is 52.5 Å². The van der Waals surface area contributed by atoms with Gasteiger partial charge in [0.15, 0.2) is 0 Å². The zero-order chi connectivity index (χ0) is 28.4. The van der Waals surface area contributed by atoms with E-state index in [-0.39, 0.29) is 28.5 Å². The SMILES string of the molecule is CC(NCC(F)(F)F)c1coc(-c2cncc([C@@]34CC[C@@H](c5cc(-c6c(F)cccc6F)nnc53)C4(C)C)n2)n1. The number of rotatable bonds is 6. The number of hydrogen-bond donors (Lipinski definition) is 1. The van der Waals surface area contributed by atoms with Gasteiger partial charge in [-0.2, -0.15) is 18.3 Å². The Labute approximate surface area is 226 Å². The van der Waals surface area contributed by atoms with Crippen molar-refractivity contribution < 1.29 is 26.4 Å². The summed E-state index contributed by atoms with van der Waals surface area (Å²) in [5.74, 6) is -1.24. The molecule has 0 spiro atoms. The molecule has 1 saturated carbocycles. The fraction of sp³-hybridized carbons (Fsp3) is 0.393. The van der Waals surface area contributed by atoms with Crippen LogP contribution in [0.3, 0.4) is 0 Å². The summed E-state index contributed by atoms with van der Waals surface area (Å²) in [5, 5.41) is 11.1. The summed E-state index contributed by atoms with van der Waals surface area (Å²) >= 11 is 0. The van der Waals surface area contributed by atoms with Gasteiger partial charge in [-0.15, -0.1) is 5.10 Å². The second kappa shape index (κ2) is 9.12. The van der Waals surface area contributed by atoms with Crippen LogP contribution in [0.25, 0.3) is 22.8 Å². The molecule has 1 fully saturated rings. The van der Waals surface area contributed by atoms with Crippen LogP contribution in [-0.2, 0) is 5.41 Å². The minimum atomic E-state index is -4.35. The normalized spacial score (nSPS) is 21.9. The third-order valence-corrected chi connectivity index (χ3v) is 8.47. The maximum atomic E-state index is 14.5. The first-order valence-corrected chi connectivity index (χ1v) is 12.8. The first-order chi connectivity index (χ1) is 18.9. The van der Waals surface area contributed by atoms with E-state index in [2.05, 4.69) is 39.3 Å². The molecule has 40 heavy (non-hydrogen) atoms. The van der Waals surface area contributed by atoms with Crippen molar-refractivity contribution >= 4 is 0 Å². The monoisotopic (exact) mass is 556 g/mol. The van der Waals surface area contributed by atoms with Crippen molar-refractivity contribution in [2.45, 2.75) is 57.2 Å². The molecule has 6 rings (SSSR count). The Hall–Kier alpha value is -3.80. The summed E-state index contributed by atoms with van der Waals surface area (Å²) in [6.45, 7) is 4.63. The van der Waals surface area contributed by atoms with Crippen LogP contribution in [0.15, 0.2) is 47.3 Å². The summed E-state index contributed by atoms with van der Waals surface area (Å²) in [5.41, 5.74) is 1.69. The average molecular weight is 557 g/mol. The molecule has 2 bridgehead atoms. The standard InChI is InChI=1S/C28H25F5N6O/c1-14(35-13-28(31,32)33)21-12-40-25(37-21)20-10-34-11-22(36-20)27-8-7-16(26(27,2)3)15-9-19(38-39-24(15)27)23-17(29)5-4-6-18(23)30/h4-6,9-12,14,16,35H,7-8,13H2,1-3H3/t14?,16-,27-/m0/s1. The fourth-order valence-electron chi connectivity index (χ4n) is 6.41. The molecule has 12 heteroatoms. The number of fused-ring (bicyclic) bond motifs is 5. The van der Waals surface area contributed by atoms with Crippen LogP contribution < -0.4 is 5.32 Å². The highest BCUT2D eigenvalue weighted by Crippen LogP contribution is 2.69. The summed E-state index contributed by atoms with van der Waals surface area (Å²) < 4.78 is 72.5. The van der Waals surface area contributed by atoms with E-state index in [4.69, 9.17) is 9.40 Å². The lowest BCUT2D eigenvalue weighted by molar-refractivity contribution is -0.126. The topological polar surface area (TPSA) is 89.6 Å². The number of aromatic nitrogens is 5. The van der Waals surface area contributed by atoms with Crippen molar-refractivity contribution in [1.29, 1.82) is 0 Å². The summed E-state index contributed by atoms with van der Waals surface area (Å²) in [7, 11) is 0. The lowest BCUT2D eigenvalue weighted by Gasteiger charge is -2.37. The highest BCUT2D eigenvalue weighted by atomic mass is 19.4. The van der Waals surface area contributed by atoms with E-state index in [1.54, 1.807) is 19.2 Å². The van der Waals surface area contributed by atoms with Crippen LogP contribution in [0.1, 0.15) is 68.2 Å².